The lowest BCUT2D eigenvalue weighted by molar-refractivity contribution is 0.122. The molecule has 1 saturated heterocycles. The van der Waals surface area contributed by atoms with E-state index >= 15 is 0 Å². The molecule has 0 N–H and O–H groups in total. The summed E-state index contributed by atoms with van der Waals surface area (Å²) in [5.74, 6) is -2.93. The first-order valence-electron chi connectivity index (χ1n) is 4.66. The van der Waals surface area contributed by atoms with E-state index in [0.717, 1.165) is 6.07 Å². The number of halogens is 3. The smallest absolute Gasteiger partial charge is 0.161 e. The third kappa shape index (κ3) is 2.07. The van der Waals surface area contributed by atoms with Gasteiger partial charge in [-0.25, -0.2) is 13.2 Å². The van der Waals surface area contributed by atoms with Gasteiger partial charge in [0.2, 0.25) is 0 Å². The van der Waals surface area contributed by atoms with Crippen molar-refractivity contribution < 1.29 is 17.9 Å². The predicted octanol–water partition coefficient (Wildman–Crippen LogP) is 1.94. The average molecular weight is 217 g/mol. The van der Waals surface area contributed by atoms with E-state index in [1.165, 1.54) is 0 Å². The topological polar surface area (TPSA) is 12.5 Å². The van der Waals surface area contributed by atoms with Crippen molar-refractivity contribution in [2.45, 2.75) is 0 Å². The third-order valence-corrected chi connectivity index (χ3v) is 2.34. The van der Waals surface area contributed by atoms with Gasteiger partial charge in [-0.05, 0) is 0 Å². The molecule has 0 saturated carbocycles. The number of hydrogen-bond donors (Lipinski definition) is 0. The molecule has 1 aliphatic heterocycles. The van der Waals surface area contributed by atoms with E-state index in [1.807, 2.05) is 0 Å². The van der Waals surface area contributed by atoms with E-state index in [1.54, 1.807) is 4.90 Å². The normalized spacial score (nSPS) is 16.9. The molecular weight excluding hydrogens is 207 g/mol. The van der Waals surface area contributed by atoms with Gasteiger partial charge in [-0.2, -0.15) is 0 Å². The zero-order valence-electron chi connectivity index (χ0n) is 7.97. The zero-order valence-corrected chi connectivity index (χ0v) is 7.97. The summed E-state index contributed by atoms with van der Waals surface area (Å²) in [7, 11) is 0. The van der Waals surface area contributed by atoms with E-state index in [9.17, 15) is 13.2 Å². The summed E-state index contributed by atoms with van der Waals surface area (Å²) in [6.07, 6.45) is 0. The van der Waals surface area contributed by atoms with Gasteiger partial charge in [0.25, 0.3) is 0 Å². The molecule has 0 radical (unpaired) electrons. The predicted molar refractivity (Wildman–Crippen MR) is 49.3 cm³/mol. The van der Waals surface area contributed by atoms with Gasteiger partial charge in [0.05, 0.1) is 18.9 Å². The Morgan fingerprint density at radius 2 is 1.53 bits per heavy atom. The van der Waals surface area contributed by atoms with Gasteiger partial charge in [-0.3, -0.25) is 0 Å². The Morgan fingerprint density at radius 1 is 0.933 bits per heavy atom. The highest BCUT2D eigenvalue weighted by Crippen LogP contribution is 2.23. The van der Waals surface area contributed by atoms with Crippen LogP contribution in [-0.2, 0) is 4.74 Å². The maximum Gasteiger partial charge on any atom is 0.161 e. The van der Waals surface area contributed by atoms with Gasteiger partial charge in [0.15, 0.2) is 11.6 Å². The standard InChI is InChI=1S/C10H10F3NO/c11-7-5-9(13)10(6-8(7)12)14-1-3-15-4-2-14/h5-6H,1-4H2. The molecule has 0 spiro atoms. The van der Waals surface area contributed by atoms with Crippen LogP contribution < -0.4 is 4.90 Å². The van der Waals surface area contributed by atoms with Crippen molar-refractivity contribution in [3.63, 3.8) is 0 Å². The third-order valence-electron chi connectivity index (χ3n) is 2.34. The fraction of sp³-hybridized carbons (Fsp3) is 0.400. The summed E-state index contributed by atoms with van der Waals surface area (Å²) in [5.41, 5.74) is 0.0946. The molecule has 1 heterocycles. The monoisotopic (exact) mass is 217 g/mol. The number of ether oxygens (including phenoxy) is 1. The molecule has 0 unspecified atom stereocenters. The molecule has 82 valence electrons. The van der Waals surface area contributed by atoms with E-state index in [2.05, 4.69) is 0 Å². The fourth-order valence-electron chi connectivity index (χ4n) is 1.56. The second kappa shape index (κ2) is 4.10. The van der Waals surface area contributed by atoms with Crippen LogP contribution in [0.1, 0.15) is 0 Å². The van der Waals surface area contributed by atoms with Gasteiger partial charge in [-0.15, -0.1) is 0 Å². The minimum atomic E-state index is -1.16. The Hall–Kier alpha value is -1.23. The largest absolute Gasteiger partial charge is 0.378 e. The van der Waals surface area contributed by atoms with Gasteiger partial charge < -0.3 is 9.64 Å². The summed E-state index contributed by atoms with van der Waals surface area (Å²) in [4.78, 5) is 1.64. The second-order valence-corrected chi connectivity index (χ2v) is 3.32. The summed E-state index contributed by atoms with van der Waals surface area (Å²) >= 11 is 0. The number of benzene rings is 1. The Labute approximate surface area is 85.3 Å². The number of anilines is 1. The van der Waals surface area contributed by atoms with Crippen molar-refractivity contribution in [2.24, 2.45) is 0 Å². The Bertz CT molecular complexity index is 364. The molecule has 1 fully saturated rings. The average Bonchev–Trinajstić information content (AvgIpc) is 2.25. The lowest BCUT2D eigenvalue weighted by Gasteiger charge is -2.29. The molecule has 1 aromatic carbocycles. The summed E-state index contributed by atoms with van der Waals surface area (Å²) < 4.78 is 44.0. The van der Waals surface area contributed by atoms with Crippen LogP contribution in [-0.4, -0.2) is 26.3 Å². The maximum atomic E-state index is 13.3. The molecule has 15 heavy (non-hydrogen) atoms. The molecule has 0 amide bonds. The minimum absolute atomic E-state index is 0.0946. The van der Waals surface area contributed by atoms with E-state index in [4.69, 9.17) is 4.74 Å². The number of nitrogens with zero attached hydrogens (tertiary/aromatic N) is 1. The Kier molecular flexibility index (Phi) is 2.81. The highest BCUT2D eigenvalue weighted by Gasteiger charge is 2.17. The maximum absolute atomic E-state index is 13.3. The van der Waals surface area contributed by atoms with E-state index < -0.39 is 17.5 Å². The van der Waals surface area contributed by atoms with Crippen LogP contribution >= 0.6 is 0 Å². The van der Waals surface area contributed by atoms with Crippen molar-refractivity contribution in [3.8, 4) is 0 Å². The van der Waals surface area contributed by atoms with Crippen molar-refractivity contribution >= 4 is 5.69 Å². The zero-order chi connectivity index (χ0) is 10.8. The second-order valence-electron chi connectivity index (χ2n) is 3.32. The van der Waals surface area contributed by atoms with Gasteiger partial charge in [0.1, 0.15) is 5.82 Å². The molecule has 2 nitrogen and oxygen atoms in total. The molecule has 1 aliphatic rings. The van der Waals surface area contributed by atoms with E-state index in [0.29, 0.717) is 32.4 Å². The van der Waals surface area contributed by atoms with Crippen LogP contribution in [0.25, 0.3) is 0 Å². The van der Waals surface area contributed by atoms with Crippen molar-refractivity contribution in [3.05, 3.63) is 29.6 Å². The molecule has 0 aliphatic carbocycles. The summed E-state index contributed by atoms with van der Waals surface area (Å²) in [6.45, 7) is 1.92. The minimum Gasteiger partial charge on any atom is -0.378 e. The molecule has 1 aromatic rings. The highest BCUT2D eigenvalue weighted by atomic mass is 19.2. The van der Waals surface area contributed by atoms with Gasteiger partial charge in [0, 0.05) is 25.2 Å². The van der Waals surface area contributed by atoms with Crippen LogP contribution in [0.5, 0.6) is 0 Å². The first kappa shape index (κ1) is 10.3. The SMILES string of the molecule is Fc1cc(F)c(N2CCOCC2)cc1F. The first-order chi connectivity index (χ1) is 7.18. The van der Waals surface area contributed by atoms with Gasteiger partial charge >= 0.3 is 0 Å². The van der Waals surface area contributed by atoms with Crippen LogP contribution in [0, 0.1) is 17.5 Å². The Morgan fingerprint density at radius 3 is 2.20 bits per heavy atom. The van der Waals surface area contributed by atoms with Crippen LogP contribution in [0.4, 0.5) is 18.9 Å². The quantitative estimate of drug-likeness (QED) is 0.666. The lowest BCUT2D eigenvalue weighted by atomic mass is 10.2. The Balaban J connectivity index is 2.30. The lowest BCUT2D eigenvalue weighted by Crippen LogP contribution is -2.36. The van der Waals surface area contributed by atoms with Crippen molar-refractivity contribution in [2.75, 3.05) is 31.2 Å². The molecule has 0 aromatic heterocycles. The van der Waals surface area contributed by atoms with Crippen molar-refractivity contribution in [1.29, 1.82) is 0 Å². The fourth-order valence-corrected chi connectivity index (χ4v) is 1.56. The first-order valence-corrected chi connectivity index (χ1v) is 4.66. The van der Waals surface area contributed by atoms with E-state index in [-0.39, 0.29) is 5.69 Å². The van der Waals surface area contributed by atoms with Crippen LogP contribution in [0.2, 0.25) is 0 Å². The number of rotatable bonds is 1. The van der Waals surface area contributed by atoms with Crippen LogP contribution in [0.15, 0.2) is 12.1 Å². The molecule has 2 rings (SSSR count). The summed E-state index contributed by atoms with van der Waals surface area (Å²) in [5, 5.41) is 0. The molecular formula is C10H10F3NO. The van der Waals surface area contributed by atoms with Crippen molar-refractivity contribution in [1.82, 2.24) is 0 Å². The summed E-state index contributed by atoms with van der Waals surface area (Å²) in [6, 6.07) is 1.45. The molecule has 5 heteroatoms. The molecule has 0 atom stereocenters. The number of hydrogen-bond acceptors (Lipinski definition) is 2. The highest BCUT2D eigenvalue weighted by molar-refractivity contribution is 5.48. The van der Waals surface area contributed by atoms with Crippen LogP contribution in [0.3, 0.4) is 0 Å². The number of morpholine rings is 1. The van der Waals surface area contributed by atoms with Gasteiger partial charge in [-0.1, -0.05) is 0 Å². The molecule has 0 bridgehead atoms.